The topological polar surface area (TPSA) is 65.5 Å². The van der Waals surface area contributed by atoms with E-state index in [-0.39, 0.29) is 11.2 Å². The fraction of sp³-hybridized carbons (Fsp3) is 0.588. The molecule has 2 fully saturated rings. The SMILES string of the molecule is CS[C@H](C)C(=O)Nc1ccc(N2CCN(C(=O)C3CC3)CC2)cn1. The first-order valence-corrected chi connectivity index (χ1v) is 9.70. The molecule has 7 heteroatoms. The summed E-state index contributed by atoms with van der Waals surface area (Å²) in [6.07, 6.45) is 5.82. The molecule has 6 nitrogen and oxygen atoms in total. The molecule has 1 atom stereocenters. The van der Waals surface area contributed by atoms with Crippen molar-refractivity contribution >= 4 is 35.1 Å². The van der Waals surface area contributed by atoms with Gasteiger partial charge in [0.2, 0.25) is 11.8 Å². The predicted octanol–water partition coefficient (Wildman–Crippen LogP) is 1.83. The summed E-state index contributed by atoms with van der Waals surface area (Å²) in [5.41, 5.74) is 1.03. The number of nitrogens with zero attached hydrogens (tertiary/aromatic N) is 3. The number of carbonyl (C=O) groups is 2. The van der Waals surface area contributed by atoms with Gasteiger partial charge < -0.3 is 15.1 Å². The van der Waals surface area contributed by atoms with E-state index in [2.05, 4.69) is 15.2 Å². The largest absolute Gasteiger partial charge is 0.367 e. The Morgan fingerprint density at radius 1 is 1.25 bits per heavy atom. The lowest BCUT2D eigenvalue weighted by Crippen LogP contribution is -2.49. The maximum atomic E-state index is 12.1. The number of nitrogens with one attached hydrogen (secondary N) is 1. The van der Waals surface area contributed by atoms with Gasteiger partial charge in [0.15, 0.2) is 0 Å². The molecule has 1 N–H and O–H groups in total. The molecule has 2 aliphatic rings. The highest BCUT2D eigenvalue weighted by Gasteiger charge is 2.34. The van der Waals surface area contributed by atoms with Crippen molar-refractivity contribution in [3.63, 3.8) is 0 Å². The first-order valence-electron chi connectivity index (χ1n) is 8.42. The smallest absolute Gasteiger partial charge is 0.238 e. The van der Waals surface area contributed by atoms with Gasteiger partial charge in [-0.1, -0.05) is 0 Å². The summed E-state index contributed by atoms with van der Waals surface area (Å²) in [4.78, 5) is 32.5. The molecule has 0 unspecified atom stereocenters. The van der Waals surface area contributed by atoms with Crippen LogP contribution < -0.4 is 10.2 Å². The highest BCUT2D eigenvalue weighted by Crippen LogP contribution is 2.31. The molecule has 24 heavy (non-hydrogen) atoms. The minimum absolute atomic E-state index is 0.0325. The van der Waals surface area contributed by atoms with Crippen LogP contribution in [0.25, 0.3) is 0 Å². The second kappa shape index (κ2) is 7.42. The van der Waals surface area contributed by atoms with Gasteiger partial charge in [-0.05, 0) is 38.2 Å². The van der Waals surface area contributed by atoms with Gasteiger partial charge in [0.05, 0.1) is 17.1 Å². The molecular weight excluding hydrogens is 324 g/mol. The molecule has 3 rings (SSSR count). The molecule has 1 saturated carbocycles. The molecule has 1 aliphatic carbocycles. The van der Waals surface area contributed by atoms with E-state index >= 15 is 0 Å². The lowest BCUT2D eigenvalue weighted by atomic mass is 10.2. The van der Waals surface area contributed by atoms with Gasteiger partial charge in [0, 0.05) is 32.1 Å². The maximum Gasteiger partial charge on any atom is 0.238 e. The third-order valence-electron chi connectivity index (χ3n) is 4.61. The van der Waals surface area contributed by atoms with Crippen LogP contribution in [0.5, 0.6) is 0 Å². The summed E-state index contributed by atoms with van der Waals surface area (Å²) in [6.45, 7) is 5.08. The Kier molecular flexibility index (Phi) is 5.28. The number of anilines is 2. The lowest BCUT2D eigenvalue weighted by molar-refractivity contribution is -0.132. The highest BCUT2D eigenvalue weighted by atomic mass is 32.2. The molecule has 1 aliphatic heterocycles. The Balaban J connectivity index is 1.52. The summed E-state index contributed by atoms with van der Waals surface area (Å²) >= 11 is 1.51. The lowest BCUT2D eigenvalue weighted by Gasteiger charge is -2.36. The van der Waals surface area contributed by atoms with Crippen molar-refractivity contribution in [2.75, 3.05) is 42.7 Å². The minimum atomic E-state index is -0.0939. The fourth-order valence-electron chi connectivity index (χ4n) is 2.76. The van der Waals surface area contributed by atoms with E-state index in [0.717, 1.165) is 44.7 Å². The molecule has 130 valence electrons. The predicted molar refractivity (Wildman–Crippen MR) is 97.4 cm³/mol. The fourth-order valence-corrected chi connectivity index (χ4v) is 3.03. The van der Waals surface area contributed by atoms with Crippen LogP contribution in [-0.4, -0.2) is 59.4 Å². The minimum Gasteiger partial charge on any atom is -0.367 e. The molecular formula is C17H24N4O2S. The van der Waals surface area contributed by atoms with E-state index in [4.69, 9.17) is 0 Å². The van der Waals surface area contributed by atoms with Crippen LogP contribution in [0.2, 0.25) is 0 Å². The quantitative estimate of drug-likeness (QED) is 0.879. The Morgan fingerprint density at radius 2 is 1.96 bits per heavy atom. The summed E-state index contributed by atoms with van der Waals surface area (Å²) in [5.74, 6) is 1.17. The van der Waals surface area contributed by atoms with Crippen molar-refractivity contribution in [2.45, 2.75) is 25.0 Å². The molecule has 0 spiro atoms. The summed E-state index contributed by atoms with van der Waals surface area (Å²) < 4.78 is 0. The summed E-state index contributed by atoms with van der Waals surface area (Å²) in [6, 6.07) is 3.81. The van der Waals surface area contributed by atoms with E-state index in [1.165, 1.54) is 11.8 Å². The number of thioether (sulfide) groups is 1. The summed E-state index contributed by atoms with van der Waals surface area (Å²) in [5, 5.41) is 2.73. The van der Waals surface area contributed by atoms with E-state index in [9.17, 15) is 9.59 Å². The van der Waals surface area contributed by atoms with Crippen molar-refractivity contribution in [1.29, 1.82) is 0 Å². The van der Waals surface area contributed by atoms with Crippen LogP contribution in [0, 0.1) is 5.92 Å². The summed E-state index contributed by atoms with van der Waals surface area (Å²) in [7, 11) is 0. The van der Waals surface area contributed by atoms with Gasteiger partial charge in [0.1, 0.15) is 5.82 Å². The normalized spacial score (nSPS) is 19.1. The number of aromatic nitrogens is 1. The van der Waals surface area contributed by atoms with Crippen LogP contribution >= 0.6 is 11.8 Å². The van der Waals surface area contributed by atoms with E-state index in [1.54, 1.807) is 6.20 Å². The molecule has 0 aromatic carbocycles. The van der Waals surface area contributed by atoms with Gasteiger partial charge in [-0.3, -0.25) is 9.59 Å². The van der Waals surface area contributed by atoms with Gasteiger partial charge in [-0.15, -0.1) is 0 Å². The monoisotopic (exact) mass is 348 g/mol. The standard InChI is InChI=1S/C17H24N4O2S/c1-12(24-2)16(22)19-15-6-5-14(11-18-15)20-7-9-21(10-8-20)17(23)13-3-4-13/h5-6,11-13H,3-4,7-10H2,1-2H3,(H,18,19,22)/t12-/m1/s1. The average molecular weight is 348 g/mol. The van der Waals surface area contributed by atoms with Crippen LogP contribution in [0.3, 0.4) is 0 Å². The Morgan fingerprint density at radius 3 is 2.50 bits per heavy atom. The van der Waals surface area contributed by atoms with Gasteiger partial charge in [0.25, 0.3) is 0 Å². The zero-order chi connectivity index (χ0) is 17.1. The van der Waals surface area contributed by atoms with Crippen LogP contribution in [0.15, 0.2) is 18.3 Å². The van der Waals surface area contributed by atoms with Gasteiger partial charge in [-0.25, -0.2) is 4.98 Å². The van der Waals surface area contributed by atoms with Crippen LogP contribution in [0.1, 0.15) is 19.8 Å². The number of pyridine rings is 1. The third kappa shape index (κ3) is 4.01. The Hall–Kier alpha value is -1.76. The number of hydrogen-bond donors (Lipinski definition) is 1. The molecule has 2 amide bonds. The van der Waals surface area contributed by atoms with Crippen LogP contribution in [-0.2, 0) is 9.59 Å². The first-order chi connectivity index (χ1) is 11.6. The average Bonchev–Trinajstić information content (AvgIpc) is 3.46. The zero-order valence-electron chi connectivity index (χ0n) is 14.2. The van der Waals surface area contributed by atoms with Crippen molar-refractivity contribution in [3.8, 4) is 0 Å². The van der Waals surface area contributed by atoms with Crippen molar-refractivity contribution in [2.24, 2.45) is 5.92 Å². The highest BCUT2D eigenvalue weighted by molar-refractivity contribution is 7.99. The Labute approximate surface area is 147 Å². The van der Waals surface area contributed by atoms with Crippen molar-refractivity contribution in [1.82, 2.24) is 9.88 Å². The molecule has 2 heterocycles. The van der Waals surface area contributed by atoms with Gasteiger partial charge in [-0.2, -0.15) is 11.8 Å². The second-order valence-electron chi connectivity index (χ2n) is 6.36. The molecule has 1 saturated heterocycles. The first kappa shape index (κ1) is 17.1. The Bertz CT molecular complexity index is 595. The number of amides is 2. The maximum absolute atomic E-state index is 12.1. The van der Waals surface area contributed by atoms with E-state index in [0.29, 0.717) is 17.6 Å². The second-order valence-corrected chi connectivity index (χ2v) is 7.53. The molecule has 1 aromatic heterocycles. The number of rotatable bonds is 5. The number of piperazine rings is 1. The van der Waals surface area contributed by atoms with Gasteiger partial charge >= 0.3 is 0 Å². The van der Waals surface area contributed by atoms with Crippen molar-refractivity contribution in [3.05, 3.63) is 18.3 Å². The van der Waals surface area contributed by atoms with Crippen molar-refractivity contribution < 1.29 is 9.59 Å². The third-order valence-corrected chi connectivity index (χ3v) is 5.53. The number of carbonyl (C=O) groups excluding carboxylic acids is 2. The van der Waals surface area contributed by atoms with E-state index in [1.807, 2.05) is 30.2 Å². The van der Waals surface area contributed by atoms with E-state index < -0.39 is 0 Å². The molecule has 0 radical (unpaired) electrons. The molecule has 0 bridgehead atoms. The van der Waals surface area contributed by atoms with Crippen LogP contribution in [0.4, 0.5) is 11.5 Å². The molecule has 1 aromatic rings. The number of hydrogen-bond acceptors (Lipinski definition) is 5. The zero-order valence-corrected chi connectivity index (χ0v) is 15.0.